The molecule has 1 aliphatic carbocycles. The molecule has 2 N–H and O–H groups in total. The third kappa shape index (κ3) is 5.37. The largest absolute Gasteiger partial charge is 0.497 e. The first kappa shape index (κ1) is 18.6. The Balaban J connectivity index is 1.68. The number of methoxy groups -OCH3 is 1. The minimum Gasteiger partial charge on any atom is -0.497 e. The predicted octanol–water partition coefficient (Wildman–Crippen LogP) is 3.20. The number of ether oxygens (including phenoxy) is 3. The van der Waals surface area contributed by atoms with E-state index in [0.29, 0.717) is 41.0 Å². The van der Waals surface area contributed by atoms with Gasteiger partial charge in [0.05, 0.1) is 19.3 Å². The molecule has 1 aliphatic rings. The summed E-state index contributed by atoms with van der Waals surface area (Å²) >= 11 is 0. The molecule has 0 heterocycles. The van der Waals surface area contributed by atoms with E-state index in [4.69, 9.17) is 19.3 Å². The number of rotatable bonds is 9. The number of hydrogen-bond acceptors (Lipinski definition) is 5. The Morgan fingerprint density at radius 1 is 1.07 bits per heavy atom. The highest BCUT2D eigenvalue weighted by Crippen LogP contribution is 2.32. The van der Waals surface area contributed by atoms with E-state index in [-0.39, 0.29) is 5.91 Å². The number of carboxylic acids is 1. The van der Waals surface area contributed by atoms with Crippen molar-refractivity contribution >= 4 is 17.6 Å². The van der Waals surface area contributed by atoms with Crippen molar-refractivity contribution in [1.82, 2.24) is 0 Å². The van der Waals surface area contributed by atoms with Gasteiger partial charge in [-0.2, -0.15) is 0 Å². The summed E-state index contributed by atoms with van der Waals surface area (Å²) in [7, 11) is 1.56. The van der Waals surface area contributed by atoms with Gasteiger partial charge in [0, 0.05) is 11.8 Å². The first-order valence-electron chi connectivity index (χ1n) is 8.62. The second kappa shape index (κ2) is 8.44. The van der Waals surface area contributed by atoms with Gasteiger partial charge >= 0.3 is 5.97 Å². The summed E-state index contributed by atoms with van der Waals surface area (Å²) in [6.45, 7) is 0.169. The second-order valence-corrected chi connectivity index (χ2v) is 6.28. The van der Waals surface area contributed by atoms with Crippen LogP contribution in [0.25, 0.3) is 0 Å². The van der Waals surface area contributed by atoms with Crippen molar-refractivity contribution in [3.05, 3.63) is 48.0 Å². The Kier molecular flexibility index (Phi) is 5.80. The Bertz CT molecular complexity index is 814. The zero-order valence-corrected chi connectivity index (χ0v) is 14.9. The molecule has 7 nitrogen and oxygen atoms in total. The van der Waals surface area contributed by atoms with Crippen LogP contribution in [0.15, 0.2) is 42.5 Å². The van der Waals surface area contributed by atoms with E-state index in [1.54, 1.807) is 49.6 Å². The Morgan fingerprint density at radius 2 is 1.78 bits per heavy atom. The van der Waals surface area contributed by atoms with E-state index in [2.05, 4.69) is 5.32 Å². The van der Waals surface area contributed by atoms with Crippen LogP contribution < -0.4 is 19.5 Å². The molecule has 2 aromatic carbocycles. The molecule has 142 valence electrons. The molecule has 0 saturated heterocycles. The number of nitrogens with one attached hydrogen (secondary N) is 1. The number of hydrogen-bond donors (Lipinski definition) is 2. The highest BCUT2D eigenvalue weighted by atomic mass is 16.5. The molecule has 0 atom stereocenters. The number of anilines is 1. The molecule has 0 unspecified atom stereocenters. The van der Waals surface area contributed by atoms with E-state index >= 15 is 0 Å². The van der Waals surface area contributed by atoms with E-state index in [1.165, 1.54) is 0 Å². The van der Waals surface area contributed by atoms with Crippen LogP contribution in [0.5, 0.6) is 17.2 Å². The Morgan fingerprint density at radius 3 is 2.41 bits per heavy atom. The average Bonchev–Trinajstić information content (AvgIpc) is 3.50. The fraction of sp³-hybridized carbons (Fsp3) is 0.300. The van der Waals surface area contributed by atoms with Gasteiger partial charge in [-0.15, -0.1) is 0 Å². The van der Waals surface area contributed by atoms with Crippen LogP contribution in [0.1, 0.15) is 23.2 Å². The lowest BCUT2D eigenvalue weighted by Gasteiger charge is -2.13. The molecule has 1 amide bonds. The fourth-order valence-electron chi connectivity index (χ4n) is 2.41. The fourth-order valence-corrected chi connectivity index (χ4v) is 2.41. The van der Waals surface area contributed by atoms with E-state index < -0.39 is 12.6 Å². The van der Waals surface area contributed by atoms with Crippen LogP contribution >= 0.6 is 0 Å². The quantitative estimate of drug-likeness (QED) is 0.703. The summed E-state index contributed by atoms with van der Waals surface area (Å²) in [5.74, 6) is 0.726. The Hall–Kier alpha value is -3.22. The van der Waals surface area contributed by atoms with Gasteiger partial charge < -0.3 is 24.6 Å². The molecular formula is C20H21NO6. The van der Waals surface area contributed by atoms with Crippen molar-refractivity contribution < 1.29 is 28.9 Å². The van der Waals surface area contributed by atoms with Crippen molar-refractivity contribution in [3.63, 3.8) is 0 Å². The maximum absolute atomic E-state index is 12.7. The predicted molar refractivity (Wildman–Crippen MR) is 98.7 cm³/mol. The SMILES string of the molecule is COc1ccc(C(=O)Nc2ccc(OCC(=O)O)cc2)c(OCC2CC2)c1. The molecule has 3 rings (SSSR count). The molecular weight excluding hydrogens is 350 g/mol. The number of aliphatic carboxylic acids is 1. The third-order valence-corrected chi connectivity index (χ3v) is 4.08. The smallest absolute Gasteiger partial charge is 0.341 e. The highest BCUT2D eigenvalue weighted by Gasteiger charge is 2.23. The van der Waals surface area contributed by atoms with E-state index in [0.717, 1.165) is 12.8 Å². The molecule has 1 fully saturated rings. The maximum atomic E-state index is 12.7. The van der Waals surface area contributed by atoms with Crippen LogP contribution in [-0.2, 0) is 4.79 Å². The summed E-state index contributed by atoms with van der Waals surface area (Å²) in [5, 5.41) is 11.4. The average molecular weight is 371 g/mol. The molecule has 0 aromatic heterocycles. The van der Waals surface area contributed by atoms with Crippen LogP contribution in [0.4, 0.5) is 5.69 Å². The molecule has 0 radical (unpaired) electrons. The minimum absolute atomic E-state index is 0.303. The molecule has 0 bridgehead atoms. The summed E-state index contributed by atoms with van der Waals surface area (Å²) < 4.78 is 16.1. The zero-order chi connectivity index (χ0) is 19.2. The first-order chi connectivity index (χ1) is 13.0. The Labute approximate surface area is 156 Å². The van der Waals surface area contributed by atoms with Gasteiger partial charge in [0.1, 0.15) is 17.2 Å². The van der Waals surface area contributed by atoms with Crippen LogP contribution in [0, 0.1) is 5.92 Å². The van der Waals surface area contributed by atoms with E-state index in [9.17, 15) is 9.59 Å². The summed E-state index contributed by atoms with van der Waals surface area (Å²) in [6.07, 6.45) is 2.31. The molecule has 2 aromatic rings. The maximum Gasteiger partial charge on any atom is 0.341 e. The van der Waals surface area contributed by atoms with Gasteiger partial charge in [-0.05, 0) is 55.2 Å². The minimum atomic E-state index is -1.05. The highest BCUT2D eigenvalue weighted by molar-refractivity contribution is 6.06. The first-order valence-corrected chi connectivity index (χ1v) is 8.62. The number of benzene rings is 2. The normalized spacial score (nSPS) is 12.9. The van der Waals surface area contributed by atoms with Crippen LogP contribution in [0.3, 0.4) is 0 Å². The van der Waals surface area contributed by atoms with Crippen molar-refractivity contribution in [1.29, 1.82) is 0 Å². The lowest BCUT2D eigenvalue weighted by atomic mass is 10.1. The van der Waals surface area contributed by atoms with Crippen molar-refractivity contribution in [2.45, 2.75) is 12.8 Å². The van der Waals surface area contributed by atoms with Gasteiger partial charge in [0.15, 0.2) is 6.61 Å². The summed E-state index contributed by atoms with van der Waals surface area (Å²) in [5.41, 5.74) is 0.981. The summed E-state index contributed by atoms with van der Waals surface area (Å²) in [4.78, 5) is 23.2. The van der Waals surface area contributed by atoms with Gasteiger partial charge in [-0.3, -0.25) is 4.79 Å². The molecule has 0 aliphatic heterocycles. The zero-order valence-electron chi connectivity index (χ0n) is 14.9. The standard InChI is InChI=1S/C20H21NO6/c1-25-16-8-9-17(18(10-16)27-11-13-2-3-13)20(24)21-14-4-6-15(7-5-14)26-12-19(22)23/h4-10,13H,2-3,11-12H2,1H3,(H,21,24)(H,22,23). The van der Waals surface area contributed by atoms with Gasteiger partial charge in [0.2, 0.25) is 0 Å². The van der Waals surface area contributed by atoms with Gasteiger partial charge in [-0.1, -0.05) is 0 Å². The number of carbonyl (C=O) groups excluding carboxylic acids is 1. The number of amides is 1. The van der Waals surface area contributed by atoms with Crippen LogP contribution in [-0.4, -0.2) is 37.3 Å². The lowest BCUT2D eigenvalue weighted by molar-refractivity contribution is -0.139. The van der Waals surface area contributed by atoms with Gasteiger partial charge in [-0.25, -0.2) is 4.79 Å². The number of carbonyl (C=O) groups is 2. The molecule has 0 spiro atoms. The monoisotopic (exact) mass is 371 g/mol. The van der Waals surface area contributed by atoms with E-state index in [1.807, 2.05) is 0 Å². The molecule has 27 heavy (non-hydrogen) atoms. The van der Waals surface area contributed by atoms with Crippen molar-refractivity contribution in [2.24, 2.45) is 5.92 Å². The third-order valence-electron chi connectivity index (χ3n) is 4.08. The van der Waals surface area contributed by atoms with Crippen LogP contribution in [0.2, 0.25) is 0 Å². The van der Waals surface area contributed by atoms with Crippen molar-refractivity contribution in [2.75, 3.05) is 25.6 Å². The number of carboxylic acid groups (broad SMARTS) is 1. The lowest BCUT2D eigenvalue weighted by Crippen LogP contribution is -2.14. The molecule has 7 heteroatoms. The van der Waals surface area contributed by atoms with Gasteiger partial charge in [0.25, 0.3) is 5.91 Å². The van der Waals surface area contributed by atoms with Crippen molar-refractivity contribution in [3.8, 4) is 17.2 Å². The summed E-state index contributed by atoms with van der Waals surface area (Å²) in [6, 6.07) is 11.6. The molecule has 1 saturated carbocycles. The second-order valence-electron chi connectivity index (χ2n) is 6.28. The topological polar surface area (TPSA) is 94.1 Å².